The predicted octanol–water partition coefficient (Wildman–Crippen LogP) is 2.49. The molecule has 0 saturated carbocycles. The van der Waals surface area contributed by atoms with Crippen LogP contribution in [0.25, 0.3) is 0 Å². The van der Waals surface area contributed by atoms with E-state index in [1.165, 1.54) is 0 Å². The van der Waals surface area contributed by atoms with Crippen LogP contribution in [-0.4, -0.2) is 27.5 Å². The summed E-state index contributed by atoms with van der Waals surface area (Å²) in [7, 11) is -3.81. The van der Waals surface area contributed by atoms with Crippen molar-refractivity contribution in [2.45, 2.75) is 30.6 Å². The van der Waals surface area contributed by atoms with Crippen molar-refractivity contribution in [2.24, 2.45) is 0 Å². The summed E-state index contributed by atoms with van der Waals surface area (Å²) >= 11 is 0. The number of hydrogen-bond donors (Lipinski definition) is 2. The normalized spacial score (nSPS) is 16.5. The van der Waals surface area contributed by atoms with Crippen molar-refractivity contribution in [1.29, 1.82) is 0 Å². The lowest BCUT2D eigenvalue weighted by Gasteiger charge is -2.20. The topological polar surface area (TPSA) is 84.5 Å². The zero-order valence-electron chi connectivity index (χ0n) is 14.2. The molecule has 2 aromatic rings. The van der Waals surface area contributed by atoms with E-state index in [1.54, 1.807) is 24.3 Å². The molecule has 0 spiro atoms. The molecule has 0 atom stereocenters. The van der Waals surface area contributed by atoms with E-state index in [0.717, 1.165) is 36.8 Å². The third-order valence-electron chi connectivity index (χ3n) is 4.70. The van der Waals surface area contributed by atoms with Gasteiger partial charge in [-0.2, -0.15) is 0 Å². The highest BCUT2D eigenvalue weighted by Crippen LogP contribution is 2.33. The van der Waals surface area contributed by atoms with Crippen molar-refractivity contribution in [1.82, 2.24) is 5.32 Å². The van der Waals surface area contributed by atoms with Gasteiger partial charge in [-0.15, -0.1) is 0 Å². The average molecular weight is 372 g/mol. The van der Waals surface area contributed by atoms with Crippen LogP contribution in [0.2, 0.25) is 0 Å². The number of aryl methyl sites for hydroxylation is 2. The first-order chi connectivity index (χ1) is 12.5. The van der Waals surface area contributed by atoms with Crippen LogP contribution in [0.15, 0.2) is 41.3 Å². The van der Waals surface area contributed by atoms with Gasteiger partial charge in [-0.05, 0) is 55.0 Å². The van der Waals surface area contributed by atoms with Gasteiger partial charge in [0, 0.05) is 17.8 Å². The Labute approximate surface area is 152 Å². The summed E-state index contributed by atoms with van der Waals surface area (Å²) in [5, 5.41) is 2.83. The summed E-state index contributed by atoms with van der Waals surface area (Å²) < 4.78 is 34.0. The number of anilines is 1. The molecule has 136 valence electrons. The maximum absolute atomic E-state index is 12.9. The van der Waals surface area contributed by atoms with Gasteiger partial charge in [-0.3, -0.25) is 9.52 Å². The molecule has 2 heterocycles. The number of nitrogens with one attached hydrogen (secondary N) is 2. The minimum atomic E-state index is -3.81. The highest BCUT2D eigenvalue weighted by atomic mass is 32.2. The Morgan fingerprint density at radius 3 is 2.77 bits per heavy atom. The summed E-state index contributed by atoms with van der Waals surface area (Å²) in [6.45, 7) is 1.14. The second-order valence-corrected chi connectivity index (χ2v) is 8.18. The molecule has 0 saturated heterocycles. The fraction of sp³-hybridized carbons (Fsp3) is 0.316. The Bertz CT molecular complexity index is 969. The zero-order chi connectivity index (χ0) is 18.1. The Morgan fingerprint density at radius 1 is 1.04 bits per heavy atom. The number of carbonyl (C=O) groups is 1. The summed E-state index contributed by atoms with van der Waals surface area (Å²) in [6.07, 6.45) is 3.35. The van der Waals surface area contributed by atoms with E-state index in [-0.39, 0.29) is 10.8 Å². The molecular formula is C19H20N2O4S. The SMILES string of the molecule is O=C1NCCCc2ccc(NS(=O)(=O)c3cccc4c3OCCC4)cc21. The van der Waals surface area contributed by atoms with Crippen molar-refractivity contribution in [3.05, 3.63) is 53.1 Å². The lowest BCUT2D eigenvalue weighted by molar-refractivity contribution is 0.0956. The molecule has 0 fully saturated rings. The Balaban J connectivity index is 1.68. The van der Waals surface area contributed by atoms with E-state index in [0.29, 0.717) is 30.2 Å². The maximum atomic E-state index is 12.9. The van der Waals surface area contributed by atoms with E-state index >= 15 is 0 Å². The van der Waals surface area contributed by atoms with Gasteiger partial charge in [0.2, 0.25) is 0 Å². The molecule has 0 bridgehead atoms. The molecule has 1 amide bonds. The highest BCUT2D eigenvalue weighted by molar-refractivity contribution is 7.92. The van der Waals surface area contributed by atoms with Gasteiger partial charge in [0.15, 0.2) is 0 Å². The van der Waals surface area contributed by atoms with Gasteiger partial charge in [-0.25, -0.2) is 8.42 Å². The number of para-hydroxylation sites is 1. The van der Waals surface area contributed by atoms with Crippen LogP contribution in [0, 0.1) is 0 Å². The van der Waals surface area contributed by atoms with Crippen LogP contribution in [0.5, 0.6) is 5.75 Å². The standard InChI is InChI=1S/C19H20N2O4S/c22-19-16-12-15(9-8-13(16)5-2-10-20-19)21-26(23,24)17-7-1-4-14-6-3-11-25-18(14)17/h1,4,7-9,12,21H,2-3,5-6,10-11H2,(H,20,22). The molecule has 0 unspecified atom stereocenters. The van der Waals surface area contributed by atoms with Crippen molar-refractivity contribution in [3.8, 4) is 5.75 Å². The van der Waals surface area contributed by atoms with Crippen LogP contribution in [-0.2, 0) is 22.9 Å². The van der Waals surface area contributed by atoms with Crippen molar-refractivity contribution in [3.63, 3.8) is 0 Å². The molecular weight excluding hydrogens is 352 g/mol. The van der Waals surface area contributed by atoms with Crippen molar-refractivity contribution >= 4 is 21.6 Å². The monoisotopic (exact) mass is 372 g/mol. The number of carbonyl (C=O) groups excluding carboxylic acids is 1. The Hall–Kier alpha value is -2.54. The van der Waals surface area contributed by atoms with Crippen LogP contribution in [0.3, 0.4) is 0 Å². The quantitative estimate of drug-likeness (QED) is 0.867. The molecule has 26 heavy (non-hydrogen) atoms. The number of amides is 1. The van der Waals surface area contributed by atoms with Gasteiger partial charge in [0.25, 0.3) is 15.9 Å². The zero-order valence-corrected chi connectivity index (χ0v) is 15.1. The van der Waals surface area contributed by atoms with Crippen molar-refractivity contribution < 1.29 is 17.9 Å². The first kappa shape index (κ1) is 16.9. The number of ether oxygens (including phenoxy) is 1. The molecule has 2 aliphatic heterocycles. The first-order valence-electron chi connectivity index (χ1n) is 8.73. The van der Waals surface area contributed by atoms with Crippen LogP contribution in [0.4, 0.5) is 5.69 Å². The smallest absolute Gasteiger partial charge is 0.265 e. The molecule has 0 aliphatic carbocycles. The van der Waals surface area contributed by atoms with Gasteiger partial charge in [-0.1, -0.05) is 18.2 Å². The summed E-state index contributed by atoms with van der Waals surface area (Å²) in [5.41, 5.74) is 2.73. The molecule has 2 aromatic carbocycles. The summed E-state index contributed by atoms with van der Waals surface area (Å²) in [5.74, 6) is 0.262. The number of sulfonamides is 1. The van der Waals surface area contributed by atoms with Crippen LogP contribution in [0.1, 0.15) is 34.3 Å². The minimum Gasteiger partial charge on any atom is -0.492 e. The molecule has 4 rings (SSSR count). The van der Waals surface area contributed by atoms with Crippen LogP contribution >= 0.6 is 0 Å². The largest absolute Gasteiger partial charge is 0.492 e. The summed E-state index contributed by atoms with van der Waals surface area (Å²) in [6, 6.07) is 10.3. The average Bonchev–Trinajstić information content (AvgIpc) is 2.82. The molecule has 0 radical (unpaired) electrons. The van der Waals surface area contributed by atoms with Gasteiger partial charge >= 0.3 is 0 Å². The lowest BCUT2D eigenvalue weighted by atomic mass is 10.0. The predicted molar refractivity (Wildman–Crippen MR) is 98.2 cm³/mol. The molecule has 0 aromatic heterocycles. The van der Waals surface area contributed by atoms with E-state index < -0.39 is 10.0 Å². The third-order valence-corrected chi connectivity index (χ3v) is 6.11. The summed E-state index contributed by atoms with van der Waals surface area (Å²) in [4.78, 5) is 12.3. The van der Waals surface area contributed by atoms with E-state index in [9.17, 15) is 13.2 Å². The Kier molecular flexibility index (Phi) is 4.32. The number of benzene rings is 2. The molecule has 2 N–H and O–H groups in total. The third kappa shape index (κ3) is 3.14. The first-order valence-corrected chi connectivity index (χ1v) is 10.2. The molecule has 7 heteroatoms. The lowest BCUT2D eigenvalue weighted by Crippen LogP contribution is -2.23. The van der Waals surface area contributed by atoms with Gasteiger partial charge in [0.1, 0.15) is 10.6 Å². The van der Waals surface area contributed by atoms with Crippen LogP contribution < -0.4 is 14.8 Å². The van der Waals surface area contributed by atoms with Crippen molar-refractivity contribution in [2.75, 3.05) is 17.9 Å². The number of fused-ring (bicyclic) bond motifs is 2. The van der Waals surface area contributed by atoms with E-state index in [2.05, 4.69) is 10.0 Å². The second kappa shape index (κ2) is 6.64. The van der Waals surface area contributed by atoms with E-state index in [4.69, 9.17) is 4.74 Å². The fourth-order valence-corrected chi connectivity index (χ4v) is 4.66. The van der Waals surface area contributed by atoms with Gasteiger partial charge in [0.05, 0.1) is 6.61 Å². The highest BCUT2D eigenvalue weighted by Gasteiger charge is 2.25. The van der Waals surface area contributed by atoms with E-state index in [1.807, 2.05) is 12.1 Å². The second-order valence-electron chi connectivity index (χ2n) is 6.53. The molecule has 6 nitrogen and oxygen atoms in total. The number of rotatable bonds is 3. The maximum Gasteiger partial charge on any atom is 0.265 e. The van der Waals surface area contributed by atoms with Gasteiger partial charge < -0.3 is 10.1 Å². The minimum absolute atomic E-state index is 0.133. The Morgan fingerprint density at radius 2 is 1.88 bits per heavy atom. The molecule has 2 aliphatic rings. The fourth-order valence-electron chi connectivity index (χ4n) is 3.43. The number of hydrogen-bond acceptors (Lipinski definition) is 4.